The van der Waals surface area contributed by atoms with Crippen molar-refractivity contribution in [2.24, 2.45) is 0 Å². The lowest BCUT2D eigenvalue weighted by atomic mass is 10.1. The maximum absolute atomic E-state index is 12.3. The van der Waals surface area contributed by atoms with Crippen molar-refractivity contribution in [2.75, 3.05) is 32.1 Å². The Morgan fingerprint density at radius 3 is 2.56 bits per heavy atom. The molecular formula is C19H21N3O3. The van der Waals surface area contributed by atoms with Crippen LogP contribution in [0.15, 0.2) is 42.6 Å². The van der Waals surface area contributed by atoms with E-state index in [4.69, 9.17) is 4.74 Å². The molecule has 1 N–H and O–H groups in total. The van der Waals surface area contributed by atoms with E-state index in [2.05, 4.69) is 15.2 Å². The first-order valence-electron chi connectivity index (χ1n) is 8.33. The fourth-order valence-corrected chi connectivity index (χ4v) is 2.89. The third-order valence-corrected chi connectivity index (χ3v) is 4.25. The van der Waals surface area contributed by atoms with E-state index >= 15 is 0 Å². The maximum atomic E-state index is 12.3. The van der Waals surface area contributed by atoms with Crippen molar-refractivity contribution >= 4 is 23.3 Å². The van der Waals surface area contributed by atoms with Crippen LogP contribution < -0.4 is 5.32 Å². The van der Waals surface area contributed by atoms with E-state index in [1.54, 1.807) is 30.5 Å². The molecule has 0 radical (unpaired) electrons. The topological polar surface area (TPSA) is 71.5 Å². The van der Waals surface area contributed by atoms with Crippen LogP contribution in [-0.4, -0.2) is 48.4 Å². The van der Waals surface area contributed by atoms with Gasteiger partial charge in [-0.3, -0.25) is 9.69 Å². The number of carbonyl (C=O) groups excluding carboxylic acids is 2. The summed E-state index contributed by atoms with van der Waals surface area (Å²) in [7, 11) is 1.33. The third kappa shape index (κ3) is 4.22. The van der Waals surface area contributed by atoms with E-state index in [-0.39, 0.29) is 5.78 Å². The molecule has 1 saturated heterocycles. The number of benzene rings is 1. The molecule has 1 aromatic heterocycles. The number of nitrogens with zero attached hydrogens (tertiary/aromatic N) is 2. The average Bonchev–Trinajstić information content (AvgIpc) is 3.15. The molecule has 2 heterocycles. The first kappa shape index (κ1) is 17.1. The van der Waals surface area contributed by atoms with Crippen LogP contribution in [0.4, 0.5) is 11.5 Å². The summed E-state index contributed by atoms with van der Waals surface area (Å²) < 4.78 is 4.76. The van der Waals surface area contributed by atoms with Gasteiger partial charge in [0.15, 0.2) is 5.78 Å². The minimum Gasteiger partial charge on any atom is -0.465 e. The molecule has 1 aliphatic rings. The Labute approximate surface area is 146 Å². The summed E-state index contributed by atoms with van der Waals surface area (Å²) in [6, 6.07) is 10.5. The van der Waals surface area contributed by atoms with Crippen molar-refractivity contribution in [1.82, 2.24) is 9.88 Å². The van der Waals surface area contributed by atoms with E-state index in [0.717, 1.165) is 18.8 Å². The lowest BCUT2D eigenvalue weighted by molar-refractivity contribution is 0.0601. The van der Waals surface area contributed by atoms with Gasteiger partial charge < -0.3 is 10.1 Å². The first-order chi connectivity index (χ1) is 12.2. The van der Waals surface area contributed by atoms with Gasteiger partial charge in [-0.05, 0) is 62.3 Å². The van der Waals surface area contributed by atoms with Crippen LogP contribution in [0, 0.1) is 0 Å². The number of carbonyl (C=O) groups is 2. The fourth-order valence-electron chi connectivity index (χ4n) is 2.89. The van der Waals surface area contributed by atoms with Gasteiger partial charge in [0, 0.05) is 17.4 Å². The van der Waals surface area contributed by atoms with Crippen molar-refractivity contribution < 1.29 is 14.3 Å². The molecule has 0 aliphatic carbocycles. The molecule has 0 saturated carbocycles. The van der Waals surface area contributed by atoms with Gasteiger partial charge in [0.1, 0.15) is 11.4 Å². The summed E-state index contributed by atoms with van der Waals surface area (Å²) >= 11 is 0. The predicted molar refractivity (Wildman–Crippen MR) is 95.3 cm³/mol. The van der Waals surface area contributed by atoms with Gasteiger partial charge >= 0.3 is 5.97 Å². The van der Waals surface area contributed by atoms with Gasteiger partial charge in [0.2, 0.25) is 0 Å². The van der Waals surface area contributed by atoms with E-state index < -0.39 is 5.97 Å². The second-order valence-electron chi connectivity index (χ2n) is 6.00. The number of ketones is 1. The zero-order valence-electron chi connectivity index (χ0n) is 14.2. The number of rotatable bonds is 6. The minimum atomic E-state index is -0.451. The van der Waals surface area contributed by atoms with E-state index in [1.165, 1.54) is 20.0 Å². The maximum Gasteiger partial charge on any atom is 0.341 e. The van der Waals surface area contributed by atoms with Crippen LogP contribution >= 0.6 is 0 Å². The molecule has 2 aromatic rings. The van der Waals surface area contributed by atoms with Crippen LogP contribution in [0.25, 0.3) is 0 Å². The second kappa shape index (κ2) is 7.90. The SMILES string of the molecule is COC(=O)c1cccnc1Nc1ccc(C(=O)CN2CCCC2)cc1. The normalized spacial score (nSPS) is 14.3. The molecule has 0 bridgehead atoms. The molecule has 0 atom stereocenters. The highest BCUT2D eigenvalue weighted by molar-refractivity contribution is 5.98. The van der Waals surface area contributed by atoms with Gasteiger partial charge in [0.25, 0.3) is 0 Å². The Bertz CT molecular complexity index is 753. The number of esters is 1. The minimum absolute atomic E-state index is 0.126. The molecule has 6 nitrogen and oxygen atoms in total. The molecule has 3 rings (SSSR count). The summed E-state index contributed by atoms with van der Waals surface area (Å²) in [5.74, 6) is 0.0973. The lowest BCUT2D eigenvalue weighted by Crippen LogP contribution is -2.26. The number of hydrogen-bond donors (Lipinski definition) is 1. The first-order valence-corrected chi connectivity index (χ1v) is 8.33. The Morgan fingerprint density at radius 1 is 1.16 bits per heavy atom. The lowest BCUT2D eigenvalue weighted by Gasteiger charge is -2.13. The van der Waals surface area contributed by atoms with Crippen LogP contribution in [-0.2, 0) is 4.74 Å². The number of likely N-dealkylation sites (tertiary alicyclic amines) is 1. The number of hydrogen-bond acceptors (Lipinski definition) is 6. The molecule has 6 heteroatoms. The van der Waals surface area contributed by atoms with Crippen molar-refractivity contribution in [3.8, 4) is 0 Å². The molecule has 1 aromatic carbocycles. The summed E-state index contributed by atoms with van der Waals surface area (Å²) in [4.78, 5) is 30.5. The monoisotopic (exact) mass is 339 g/mol. The Kier molecular flexibility index (Phi) is 5.40. The van der Waals surface area contributed by atoms with Crippen molar-refractivity contribution in [3.05, 3.63) is 53.7 Å². The molecule has 0 amide bonds. The zero-order chi connectivity index (χ0) is 17.6. The number of Topliss-reactive ketones (excluding diaryl/α,β-unsaturated/α-hetero) is 1. The van der Waals surface area contributed by atoms with Crippen molar-refractivity contribution in [3.63, 3.8) is 0 Å². The van der Waals surface area contributed by atoms with Gasteiger partial charge in [0.05, 0.1) is 13.7 Å². The van der Waals surface area contributed by atoms with Crippen LogP contribution in [0.2, 0.25) is 0 Å². The molecule has 1 aliphatic heterocycles. The molecule has 1 fully saturated rings. The van der Waals surface area contributed by atoms with E-state index in [0.29, 0.717) is 23.5 Å². The number of methoxy groups -OCH3 is 1. The van der Waals surface area contributed by atoms with Crippen molar-refractivity contribution in [2.45, 2.75) is 12.8 Å². The molecule has 0 spiro atoms. The second-order valence-corrected chi connectivity index (χ2v) is 6.00. The smallest absolute Gasteiger partial charge is 0.341 e. The highest BCUT2D eigenvalue weighted by atomic mass is 16.5. The number of nitrogens with one attached hydrogen (secondary N) is 1. The highest BCUT2D eigenvalue weighted by Gasteiger charge is 2.16. The zero-order valence-corrected chi connectivity index (χ0v) is 14.2. The van der Waals surface area contributed by atoms with Gasteiger partial charge in [-0.2, -0.15) is 0 Å². The third-order valence-electron chi connectivity index (χ3n) is 4.25. The van der Waals surface area contributed by atoms with E-state index in [9.17, 15) is 9.59 Å². The quantitative estimate of drug-likeness (QED) is 0.644. The Morgan fingerprint density at radius 2 is 1.88 bits per heavy atom. The standard InChI is InChI=1S/C19H21N3O3/c1-25-19(24)16-5-4-10-20-18(16)21-15-8-6-14(7-9-15)17(23)13-22-11-2-3-12-22/h4-10H,2-3,11-13H2,1H3,(H,20,21). The number of anilines is 2. The fraction of sp³-hybridized carbons (Fsp3) is 0.316. The molecule has 0 unspecified atom stereocenters. The molecule has 130 valence electrons. The van der Waals surface area contributed by atoms with E-state index in [1.807, 2.05) is 12.1 Å². The molecule has 25 heavy (non-hydrogen) atoms. The highest BCUT2D eigenvalue weighted by Crippen LogP contribution is 2.20. The van der Waals surface area contributed by atoms with Crippen LogP contribution in [0.3, 0.4) is 0 Å². The Hall–Kier alpha value is -2.73. The van der Waals surface area contributed by atoms with Crippen molar-refractivity contribution in [1.29, 1.82) is 0 Å². The van der Waals surface area contributed by atoms with Gasteiger partial charge in [-0.25, -0.2) is 9.78 Å². The summed E-state index contributed by atoms with van der Waals surface area (Å²) in [6.45, 7) is 2.47. The molecular weight excluding hydrogens is 318 g/mol. The number of ether oxygens (including phenoxy) is 1. The Balaban J connectivity index is 1.69. The summed E-state index contributed by atoms with van der Waals surface area (Å²) in [6.07, 6.45) is 3.94. The van der Waals surface area contributed by atoms with Gasteiger partial charge in [-0.15, -0.1) is 0 Å². The average molecular weight is 339 g/mol. The van der Waals surface area contributed by atoms with Gasteiger partial charge in [-0.1, -0.05) is 0 Å². The predicted octanol–water partition coefficient (Wildman–Crippen LogP) is 2.89. The number of aromatic nitrogens is 1. The van der Waals surface area contributed by atoms with Crippen LogP contribution in [0.1, 0.15) is 33.6 Å². The summed E-state index contributed by atoms with van der Waals surface area (Å²) in [5.41, 5.74) is 1.80. The largest absolute Gasteiger partial charge is 0.465 e. The van der Waals surface area contributed by atoms with Crippen LogP contribution in [0.5, 0.6) is 0 Å². The number of pyridine rings is 1. The summed E-state index contributed by atoms with van der Waals surface area (Å²) in [5, 5.41) is 3.09.